The maximum absolute atomic E-state index is 13.2. The van der Waals surface area contributed by atoms with Crippen LogP contribution in [0.3, 0.4) is 0 Å². The number of carboxylic acids is 1. The molecule has 0 heterocycles. The van der Waals surface area contributed by atoms with Gasteiger partial charge in [-0.1, -0.05) is 30.3 Å². The maximum Gasteiger partial charge on any atom is 0.314 e. The SMILES string of the molecule is COC[C@@]1(C(=O)O)[C@H](S(=O)(=O)c2ccccc2)[C@@H]1c1ccc(F)cc1. The monoisotopic (exact) mass is 364 g/mol. The molecule has 25 heavy (non-hydrogen) atoms. The molecular weight excluding hydrogens is 347 g/mol. The van der Waals surface area contributed by atoms with Crippen molar-refractivity contribution < 1.29 is 27.4 Å². The number of carbonyl (C=O) groups is 1. The first-order valence-electron chi connectivity index (χ1n) is 7.62. The fraction of sp³-hybridized carbons (Fsp3) is 0.278. The summed E-state index contributed by atoms with van der Waals surface area (Å²) in [5.41, 5.74) is -1.13. The number of rotatable bonds is 6. The third-order valence-electron chi connectivity index (χ3n) is 4.67. The smallest absolute Gasteiger partial charge is 0.314 e. The zero-order valence-electron chi connectivity index (χ0n) is 13.4. The van der Waals surface area contributed by atoms with Gasteiger partial charge in [0.05, 0.1) is 16.8 Å². The fourth-order valence-electron chi connectivity index (χ4n) is 3.49. The maximum atomic E-state index is 13.2. The lowest BCUT2D eigenvalue weighted by Crippen LogP contribution is -2.28. The van der Waals surface area contributed by atoms with Gasteiger partial charge < -0.3 is 9.84 Å². The summed E-state index contributed by atoms with van der Waals surface area (Å²) in [4.78, 5) is 12.1. The van der Waals surface area contributed by atoms with Crippen LogP contribution < -0.4 is 0 Å². The van der Waals surface area contributed by atoms with Gasteiger partial charge in [0.25, 0.3) is 0 Å². The Morgan fingerprint density at radius 2 is 1.76 bits per heavy atom. The van der Waals surface area contributed by atoms with E-state index < -0.39 is 38.2 Å². The number of halogens is 1. The third-order valence-corrected chi connectivity index (χ3v) is 6.96. The molecule has 7 heteroatoms. The first kappa shape index (κ1) is 17.6. The molecule has 5 nitrogen and oxygen atoms in total. The second kappa shape index (κ2) is 6.24. The van der Waals surface area contributed by atoms with Crippen LogP contribution in [-0.2, 0) is 19.4 Å². The molecule has 2 aromatic rings. The number of carboxylic acid groups (broad SMARTS) is 1. The van der Waals surface area contributed by atoms with Crippen LogP contribution in [0.2, 0.25) is 0 Å². The number of methoxy groups -OCH3 is 1. The van der Waals surface area contributed by atoms with E-state index in [4.69, 9.17) is 4.74 Å². The zero-order chi connectivity index (χ0) is 18.2. The molecule has 3 atom stereocenters. The summed E-state index contributed by atoms with van der Waals surface area (Å²) in [6.45, 7) is -0.249. The molecule has 132 valence electrons. The van der Waals surface area contributed by atoms with Gasteiger partial charge in [-0.2, -0.15) is 0 Å². The lowest BCUT2D eigenvalue weighted by Gasteiger charge is -2.12. The van der Waals surface area contributed by atoms with Crippen LogP contribution in [0.1, 0.15) is 11.5 Å². The molecule has 1 N–H and O–H groups in total. The summed E-state index contributed by atoms with van der Waals surface area (Å²) < 4.78 is 44.3. The van der Waals surface area contributed by atoms with Crippen LogP contribution in [0.4, 0.5) is 4.39 Å². The Morgan fingerprint density at radius 3 is 2.28 bits per heavy atom. The predicted molar refractivity (Wildman–Crippen MR) is 88.5 cm³/mol. The van der Waals surface area contributed by atoms with E-state index in [-0.39, 0.29) is 11.5 Å². The van der Waals surface area contributed by atoms with Crippen LogP contribution in [-0.4, -0.2) is 38.5 Å². The van der Waals surface area contributed by atoms with E-state index in [1.165, 1.54) is 43.5 Å². The summed E-state index contributed by atoms with van der Waals surface area (Å²) in [7, 11) is -2.57. The molecular formula is C18H17FO5S. The second-order valence-electron chi connectivity index (χ2n) is 6.09. The largest absolute Gasteiger partial charge is 0.481 e. The first-order chi connectivity index (χ1) is 11.9. The topological polar surface area (TPSA) is 80.7 Å². The molecule has 0 bridgehead atoms. The highest BCUT2D eigenvalue weighted by Crippen LogP contribution is 2.64. The van der Waals surface area contributed by atoms with Crippen LogP contribution in [0.25, 0.3) is 0 Å². The molecule has 2 aromatic carbocycles. The van der Waals surface area contributed by atoms with Crippen molar-refractivity contribution in [2.75, 3.05) is 13.7 Å². The minimum absolute atomic E-state index is 0.0614. The van der Waals surface area contributed by atoms with Crippen molar-refractivity contribution in [3.05, 3.63) is 66.0 Å². The van der Waals surface area contributed by atoms with Gasteiger partial charge in [0.2, 0.25) is 0 Å². The fourth-order valence-corrected chi connectivity index (χ4v) is 5.87. The highest BCUT2D eigenvalue weighted by atomic mass is 32.2. The van der Waals surface area contributed by atoms with E-state index in [1.807, 2.05) is 0 Å². The van der Waals surface area contributed by atoms with E-state index in [2.05, 4.69) is 0 Å². The molecule has 0 saturated heterocycles. The van der Waals surface area contributed by atoms with Gasteiger partial charge in [0.15, 0.2) is 9.84 Å². The number of hydrogen-bond acceptors (Lipinski definition) is 4. The molecule has 1 aliphatic rings. The quantitative estimate of drug-likeness (QED) is 0.852. The van der Waals surface area contributed by atoms with Crippen molar-refractivity contribution in [3.63, 3.8) is 0 Å². The Morgan fingerprint density at radius 1 is 1.16 bits per heavy atom. The second-order valence-corrected chi connectivity index (χ2v) is 8.16. The van der Waals surface area contributed by atoms with E-state index in [0.717, 1.165) is 0 Å². The summed E-state index contributed by atoms with van der Waals surface area (Å²) in [5.74, 6) is -2.52. The van der Waals surface area contributed by atoms with Gasteiger partial charge in [-0.3, -0.25) is 4.79 Å². The standard InChI is InChI=1S/C18H17FO5S/c1-24-11-18(17(20)21)15(12-7-9-13(19)10-8-12)16(18)25(22,23)14-5-3-2-4-6-14/h2-10,15-16H,11H2,1H3,(H,20,21)/t15-,16+,18-/m0/s1. The van der Waals surface area contributed by atoms with E-state index >= 15 is 0 Å². The van der Waals surface area contributed by atoms with Gasteiger partial charge in [0.1, 0.15) is 11.2 Å². The normalized spacial score (nSPS) is 25.5. The molecule has 0 unspecified atom stereocenters. The molecule has 1 aliphatic carbocycles. The van der Waals surface area contributed by atoms with E-state index in [1.54, 1.807) is 18.2 Å². The average Bonchev–Trinajstić information content (AvgIpc) is 3.28. The van der Waals surface area contributed by atoms with Crippen molar-refractivity contribution in [1.29, 1.82) is 0 Å². The Balaban J connectivity index is 2.12. The molecule has 0 aliphatic heterocycles. The number of aliphatic carboxylic acids is 1. The van der Waals surface area contributed by atoms with Crippen molar-refractivity contribution in [1.82, 2.24) is 0 Å². The van der Waals surface area contributed by atoms with Crippen LogP contribution in [0.15, 0.2) is 59.5 Å². The molecule has 1 saturated carbocycles. The Labute approximate surface area is 145 Å². The predicted octanol–water partition coefficient (Wildman–Crippen LogP) is 2.48. The minimum Gasteiger partial charge on any atom is -0.481 e. The third kappa shape index (κ3) is 2.73. The van der Waals surface area contributed by atoms with Crippen molar-refractivity contribution in [2.45, 2.75) is 16.1 Å². The van der Waals surface area contributed by atoms with Gasteiger partial charge in [-0.25, -0.2) is 12.8 Å². The van der Waals surface area contributed by atoms with Gasteiger partial charge >= 0.3 is 5.97 Å². The van der Waals surface area contributed by atoms with Crippen molar-refractivity contribution in [3.8, 4) is 0 Å². The highest BCUT2D eigenvalue weighted by Gasteiger charge is 2.76. The zero-order valence-corrected chi connectivity index (χ0v) is 14.2. The molecule has 0 aromatic heterocycles. The molecule has 0 spiro atoms. The molecule has 0 radical (unpaired) electrons. The lowest BCUT2D eigenvalue weighted by molar-refractivity contribution is -0.145. The van der Waals surface area contributed by atoms with Crippen LogP contribution in [0, 0.1) is 11.2 Å². The molecule has 3 rings (SSSR count). The van der Waals surface area contributed by atoms with Gasteiger partial charge in [-0.05, 0) is 29.8 Å². The summed E-state index contributed by atoms with van der Waals surface area (Å²) in [6, 6.07) is 13.0. The van der Waals surface area contributed by atoms with Gasteiger partial charge in [0, 0.05) is 13.0 Å². The van der Waals surface area contributed by atoms with E-state index in [9.17, 15) is 22.7 Å². The first-order valence-corrected chi connectivity index (χ1v) is 9.17. The van der Waals surface area contributed by atoms with Crippen molar-refractivity contribution in [2.24, 2.45) is 5.41 Å². The number of hydrogen-bond donors (Lipinski definition) is 1. The minimum atomic E-state index is -3.90. The highest BCUT2D eigenvalue weighted by molar-refractivity contribution is 7.92. The number of ether oxygens (including phenoxy) is 1. The van der Waals surface area contributed by atoms with E-state index in [0.29, 0.717) is 5.56 Å². The molecule has 0 amide bonds. The summed E-state index contributed by atoms with van der Waals surface area (Å²) in [5, 5.41) is 8.61. The lowest BCUT2D eigenvalue weighted by atomic mass is 10.00. The summed E-state index contributed by atoms with van der Waals surface area (Å²) >= 11 is 0. The van der Waals surface area contributed by atoms with Crippen molar-refractivity contribution >= 4 is 15.8 Å². The number of benzene rings is 2. The van der Waals surface area contributed by atoms with Crippen LogP contribution in [0.5, 0.6) is 0 Å². The van der Waals surface area contributed by atoms with Gasteiger partial charge in [-0.15, -0.1) is 0 Å². The van der Waals surface area contributed by atoms with Crippen LogP contribution >= 0.6 is 0 Å². The Kier molecular flexibility index (Phi) is 4.38. The average molecular weight is 364 g/mol. The number of sulfone groups is 1. The Hall–Kier alpha value is -2.25. The Bertz CT molecular complexity index is 879. The summed E-state index contributed by atoms with van der Waals surface area (Å²) in [6.07, 6.45) is 0. The molecule has 1 fully saturated rings.